The van der Waals surface area contributed by atoms with Gasteiger partial charge in [-0.15, -0.1) is 11.7 Å². The molecule has 0 unspecified atom stereocenters. The Morgan fingerprint density at radius 3 is 3.12 bits per heavy atom. The fourth-order valence-corrected chi connectivity index (χ4v) is 1.59. The van der Waals surface area contributed by atoms with Gasteiger partial charge in [-0.1, -0.05) is 18.2 Å². The number of rotatable bonds is 5. The van der Waals surface area contributed by atoms with Crippen molar-refractivity contribution in [1.29, 1.82) is 0 Å². The van der Waals surface area contributed by atoms with Gasteiger partial charge in [0.1, 0.15) is 6.33 Å². The minimum Gasteiger partial charge on any atom is -0.307 e. The van der Waals surface area contributed by atoms with Crippen LogP contribution in [0.1, 0.15) is 18.5 Å². The molecule has 0 aliphatic heterocycles. The summed E-state index contributed by atoms with van der Waals surface area (Å²) in [7, 11) is 0. The molecule has 5 heteroatoms. The van der Waals surface area contributed by atoms with Crippen LogP contribution in [0.5, 0.6) is 0 Å². The number of nitrogens with zero attached hydrogens (tertiary/aromatic N) is 4. The van der Waals surface area contributed by atoms with Crippen molar-refractivity contribution in [3.63, 3.8) is 0 Å². The van der Waals surface area contributed by atoms with Crippen LogP contribution in [0.3, 0.4) is 0 Å². The second-order valence-electron chi connectivity index (χ2n) is 3.77. The van der Waals surface area contributed by atoms with Gasteiger partial charge in [-0.05, 0) is 35.0 Å². The molecule has 2 rings (SSSR count). The summed E-state index contributed by atoms with van der Waals surface area (Å²) in [5, 5.41) is 14.5. The number of aromatic nitrogens is 4. The van der Waals surface area contributed by atoms with Gasteiger partial charge in [0.2, 0.25) is 0 Å². The van der Waals surface area contributed by atoms with Crippen LogP contribution in [0.25, 0.3) is 5.69 Å². The minimum absolute atomic E-state index is 0.268. The lowest BCUT2D eigenvalue weighted by Gasteiger charge is -2.13. The lowest BCUT2D eigenvalue weighted by Crippen LogP contribution is -2.18. The third kappa shape index (κ3) is 2.76. The Morgan fingerprint density at radius 1 is 1.53 bits per heavy atom. The molecular weight excluding hydrogens is 214 g/mol. The number of hydrogen-bond donors (Lipinski definition) is 1. The summed E-state index contributed by atoms with van der Waals surface area (Å²) in [5.41, 5.74) is 2.15. The van der Waals surface area contributed by atoms with Gasteiger partial charge >= 0.3 is 0 Å². The molecule has 0 radical (unpaired) electrons. The topological polar surface area (TPSA) is 55.6 Å². The lowest BCUT2D eigenvalue weighted by atomic mass is 10.1. The van der Waals surface area contributed by atoms with Crippen molar-refractivity contribution in [3.05, 3.63) is 48.8 Å². The van der Waals surface area contributed by atoms with Gasteiger partial charge in [-0.2, -0.15) is 0 Å². The number of benzene rings is 1. The maximum absolute atomic E-state index is 3.87. The van der Waals surface area contributed by atoms with E-state index in [0.29, 0.717) is 0 Å². The van der Waals surface area contributed by atoms with E-state index >= 15 is 0 Å². The van der Waals surface area contributed by atoms with Crippen LogP contribution in [0.2, 0.25) is 0 Å². The normalized spacial score (nSPS) is 12.3. The quantitative estimate of drug-likeness (QED) is 0.789. The average Bonchev–Trinajstić information content (AvgIpc) is 2.90. The highest BCUT2D eigenvalue weighted by Gasteiger charge is 2.05. The SMILES string of the molecule is C=CCN[C@@H](C)c1cccc(-n2cnnn2)c1. The van der Waals surface area contributed by atoms with Crippen molar-refractivity contribution in [1.82, 2.24) is 25.5 Å². The largest absolute Gasteiger partial charge is 0.307 e. The second kappa shape index (κ2) is 5.36. The van der Waals surface area contributed by atoms with Gasteiger partial charge in [0.05, 0.1) is 5.69 Å². The zero-order valence-electron chi connectivity index (χ0n) is 9.74. The van der Waals surface area contributed by atoms with Crippen LogP contribution < -0.4 is 5.32 Å². The van der Waals surface area contributed by atoms with E-state index in [4.69, 9.17) is 0 Å². The van der Waals surface area contributed by atoms with Gasteiger partial charge < -0.3 is 5.32 Å². The summed E-state index contributed by atoms with van der Waals surface area (Å²) < 4.78 is 1.64. The van der Waals surface area contributed by atoms with E-state index in [1.165, 1.54) is 5.56 Å². The van der Waals surface area contributed by atoms with E-state index in [1.54, 1.807) is 11.0 Å². The first-order valence-electron chi connectivity index (χ1n) is 5.49. The Kier molecular flexibility index (Phi) is 3.62. The van der Waals surface area contributed by atoms with Crippen molar-refractivity contribution in [2.24, 2.45) is 0 Å². The van der Waals surface area contributed by atoms with Crippen LogP contribution in [0.4, 0.5) is 0 Å². The van der Waals surface area contributed by atoms with Gasteiger partial charge in [-0.3, -0.25) is 0 Å². The molecule has 0 amide bonds. The van der Waals surface area contributed by atoms with Crippen molar-refractivity contribution in [2.45, 2.75) is 13.0 Å². The molecule has 0 saturated heterocycles. The highest BCUT2D eigenvalue weighted by atomic mass is 15.5. The first-order chi connectivity index (χ1) is 8.31. The number of nitrogens with one attached hydrogen (secondary N) is 1. The molecule has 1 atom stereocenters. The van der Waals surface area contributed by atoms with E-state index in [9.17, 15) is 0 Å². The Labute approximate surface area is 100 Å². The van der Waals surface area contributed by atoms with Gasteiger partial charge in [0.25, 0.3) is 0 Å². The molecule has 1 N–H and O–H groups in total. The fraction of sp³-hybridized carbons (Fsp3) is 0.250. The number of hydrogen-bond acceptors (Lipinski definition) is 4. The Balaban J connectivity index is 2.19. The summed E-state index contributed by atoms with van der Waals surface area (Å²) in [4.78, 5) is 0. The molecule has 0 saturated carbocycles. The average molecular weight is 229 g/mol. The molecule has 17 heavy (non-hydrogen) atoms. The predicted octanol–water partition coefficient (Wildman–Crippen LogP) is 1.50. The standard InChI is InChI=1S/C12H15N5/c1-3-7-13-10(2)11-5-4-6-12(8-11)17-9-14-15-16-17/h3-6,8-10,13H,1,7H2,2H3/t10-/m0/s1. The second-order valence-corrected chi connectivity index (χ2v) is 3.77. The van der Waals surface area contributed by atoms with E-state index < -0.39 is 0 Å². The Morgan fingerprint density at radius 2 is 2.41 bits per heavy atom. The molecule has 88 valence electrons. The first-order valence-corrected chi connectivity index (χ1v) is 5.49. The molecule has 0 fully saturated rings. The van der Waals surface area contributed by atoms with Crippen LogP contribution >= 0.6 is 0 Å². The zero-order valence-corrected chi connectivity index (χ0v) is 9.74. The fourth-order valence-electron chi connectivity index (χ4n) is 1.59. The van der Waals surface area contributed by atoms with Crippen LogP contribution in [0.15, 0.2) is 43.2 Å². The predicted molar refractivity (Wildman–Crippen MR) is 65.8 cm³/mol. The molecule has 5 nitrogen and oxygen atoms in total. The maximum Gasteiger partial charge on any atom is 0.143 e. The molecule has 0 spiro atoms. The van der Waals surface area contributed by atoms with Crippen molar-refractivity contribution in [2.75, 3.05) is 6.54 Å². The molecule has 2 aromatic rings. The Bertz CT molecular complexity index is 477. The molecule has 1 aromatic heterocycles. The van der Waals surface area contributed by atoms with Crippen molar-refractivity contribution in [3.8, 4) is 5.69 Å². The molecule has 0 bridgehead atoms. The molecule has 0 aliphatic rings. The summed E-state index contributed by atoms with van der Waals surface area (Å²) in [6.07, 6.45) is 3.43. The Hall–Kier alpha value is -2.01. The molecular formula is C12H15N5. The molecule has 0 aliphatic carbocycles. The van der Waals surface area contributed by atoms with Crippen LogP contribution in [0, 0.1) is 0 Å². The van der Waals surface area contributed by atoms with E-state index in [2.05, 4.69) is 46.5 Å². The summed E-state index contributed by atoms with van der Waals surface area (Å²) >= 11 is 0. The summed E-state index contributed by atoms with van der Waals surface area (Å²) in [6, 6.07) is 8.38. The van der Waals surface area contributed by atoms with Gasteiger partial charge in [-0.25, -0.2) is 4.68 Å². The van der Waals surface area contributed by atoms with Crippen molar-refractivity contribution >= 4 is 0 Å². The minimum atomic E-state index is 0.268. The summed E-state index contributed by atoms with van der Waals surface area (Å²) in [6.45, 7) is 6.59. The third-order valence-electron chi connectivity index (χ3n) is 2.55. The maximum atomic E-state index is 3.87. The highest BCUT2D eigenvalue weighted by molar-refractivity contribution is 5.35. The zero-order chi connectivity index (χ0) is 12.1. The lowest BCUT2D eigenvalue weighted by molar-refractivity contribution is 0.617. The van der Waals surface area contributed by atoms with Gasteiger partial charge in [0, 0.05) is 12.6 Å². The third-order valence-corrected chi connectivity index (χ3v) is 2.55. The summed E-state index contributed by atoms with van der Waals surface area (Å²) in [5.74, 6) is 0. The first kappa shape index (κ1) is 11.5. The molecule has 1 aromatic carbocycles. The molecule has 1 heterocycles. The highest BCUT2D eigenvalue weighted by Crippen LogP contribution is 2.15. The van der Waals surface area contributed by atoms with Crippen LogP contribution in [-0.4, -0.2) is 26.8 Å². The van der Waals surface area contributed by atoms with E-state index in [0.717, 1.165) is 12.2 Å². The van der Waals surface area contributed by atoms with Crippen LogP contribution in [-0.2, 0) is 0 Å². The van der Waals surface area contributed by atoms with Crippen molar-refractivity contribution < 1.29 is 0 Å². The monoisotopic (exact) mass is 229 g/mol. The van der Waals surface area contributed by atoms with Gasteiger partial charge in [0.15, 0.2) is 0 Å². The van der Waals surface area contributed by atoms with E-state index in [1.807, 2.05) is 18.2 Å². The number of tetrazole rings is 1. The smallest absolute Gasteiger partial charge is 0.143 e. The van der Waals surface area contributed by atoms with E-state index in [-0.39, 0.29) is 6.04 Å².